The number of aromatic nitrogens is 2. The molecule has 2 aromatic rings. The van der Waals surface area contributed by atoms with Gasteiger partial charge < -0.3 is 10.1 Å². The van der Waals surface area contributed by atoms with Crippen molar-refractivity contribution in [3.05, 3.63) is 41.7 Å². The van der Waals surface area contributed by atoms with Crippen molar-refractivity contribution in [1.82, 2.24) is 15.3 Å². The number of fused-ring (bicyclic) bond motifs is 1. The van der Waals surface area contributed by atoms with Crippen molar-refractivity contribution < 1.29 is 14.3 Å². The van der Waals surface area contributed by atoms with Gasteiger partial charge in [-0.3, -0.25) is 4.79 Å². The number of carbonyl (C=O) groups excluding carboxylic acids is 2. The van der Waals surface area contributed by atoms with Crippen LogP contribution in [0.5, 0.6) is 11.6 Å². The summed E-state index contributed by atoms with van der Waals surface area (Å²) in [7, 11) is 0. The second-order valence-corrected chi connectivity index (χ2v) is 6.76. The zero-order valence-electron chi connectivity index (χ0n) is 14.1. The van der Waals surface area contributed by atoms with Crippen LogP contribution in [-0.2, 0) is 17.6 Å². The Balaban J connectivity index is 1.64. The molecule has 1 N–H and O–H groups in total. The first-order valence-electron chi connectivity index (χ1n) is 8.23. The van der Waals surface area contributed by atoms with Crippen molar-refractivity contribution in [2.45, 2.75) is 38.6 Å². The number of anilines is 1. The summed E-state index contributed by atoms with van der Waals surface area (Å²) in [6.07, 6.45) is 4.44. The molecule has 0 radical (unpaired) electrons. The molecule has 0 unspecified atom stereocenters. The van der Waals surface area contributed by atoms with E-state index in [2.05, 4.69) is 21.4 Å². The molecule has 7 heteroatoms. The molecule has 25 heavy (non-hydrogen) atoms. The third-order valence-electron chi connectivity index (χ3n) is 4.53. The highest BCUT2D eigenvalue weighted by Gasteiger charge is 2.45. The Morgan fingerprint density at radius 2 is 2.04 bits per heavy atom. The van der Waals surface area contributed by atoms with Gasteiger partial charge in [-0.1, -0.05) is 12.1 Å². The molecule has 1 aliphatic carbocycles. The molecule has 1 fully saturated rings. The monoisotopic (exact) mass is 338 g/mol. The predicted molar refractivity (Wildman–Crippen MR) is 90.7 cm³/mol. The van der Waals surface area contributed by atoms with Crippen LogP contribution < -0.4 is 15.0 Å². The van der Waals surface area contributed by atoms with Crippen LogP contribution in [0.25, 0.3) is 0 Å². The number of amides is 3. The lowest BCUT2D eigenvalue weighted by Gasteiger charge is -2.15. The summed E-state index contributed by atoms with van der Waals surface area (Å²) in [5.74, 6) is 0.904. The minimum Gasteiger partial charge on any atom is -0.439 e. The van der Waals surface area contributed by atoms with Crippen molar-refractivity contribution in [1.29, 1.82) is 0 Å². The fourth-order valence-corrected chi connectivity index (χ4v) is 3.26. The molecule has 128 valence electrons. The Labute approximate surface area is 145 Å². The van der Waals surface area contributed by atoms with Gasteiger partial charge >= 0.3 is 6.03 Å². The third-order valence-corrected chi connectivity index (χ3v) is 4.53. The number of hydrogen-bond donors (Lipinski definition) is 1. The fraction of sp³-hybridized carbons (Fsp3) is 0.333. The van der Waals surface area contributed by atoms with E-state index in [1.807, 2.05) is 12.1 Å². The molecule has 0 bridgehead atoms. The molecule has 2 heterocycles. The van der Waals surface area contributed by atoms with E-state index >= 15 is 0 Å². The molecule has 1 aromatic carbocycles. The zero-order chi connectivity index (χ0) is 17.6. The van der Waals surface area contributed by atoms with Crippen LogP contribution in [0.4, 0.5) is 10.6 Å². The van der Waals surface area contributed by atoms with Crippen molar-refractivity contribution >= 4 is 17.8 Å². The summed E-state index contributed by atoms with van der Waals surface area (Å²) in [6.45, 7) is 3.30. The number of nitrogens with zero attached hydrogens (tertiary/aromatic N) is 3. The van der Waals surface area contributed by atoms with Crippen LogP contribution in [-0.4, -0.2) is 27.4 Å². The standard InChI is InChI=1S/C18H18N4O3/c1-18(2)16(23)22(17(24)21-18)14-9-15(20-10-19-14)25-13-8-4-6-11-5-3-7-12(11)13/h4,6,8-10H,3,5,7H2,1-2H3,(H,21,24). The van der Waals surface area contributed by atoms with Crippen LogP contribution in [0.1, 0.15) is 31.4 Å². The number of carbonyl (C=O) groups is 2. The Hall–Kier alpha value is -2.96. The van der Waals surface area contributed by atoms with E-state index in [0.717, 1.165) is 29.9 Å². The summed E-state index contributed by atoms with van der Waals surface area (Å²) in [5.41, 5.74) is 1.53. The molecule has 0 spiro atoms. The molecule has 0 atom stereocenters. The molecule has 2 aliphatic rings. The highest BCUT2D eigenvalue weighted by molar-refractivity contribution is 6.22. The van der Waals surface area contributed by atoms with Gasteiger partial charge in [0.1, 0.15) is 17.6 Å². The molecule has 1 aliphatic heterocycles. The minimum atomic E-state index is -0.955. The number of benzene rings is 1. The van der Waals surface area contributed by atoms with E-state index in [1.165, 1.54) is 23.5 Å². The first-order chi connectivity index (χ1) is 12.0. The highest BCUT2D eigenvalue weighted by Crippen LogP contribution is 2.33. The first-order valence-corrected chi connectivity index (χ1v) is 8.23. The SMILES string of the molecule is CC1(C)NC(=O)N(c2cc(Oc3cccc4c3CCC4)ncn2)C1=O. The van der Waals surface area contributed by atoms with Gasteiger partial charge in [0.2, 0.25) is 5.88 Å². The van der Waals surface area contributed by atoms with E-state index in [1.54, 1.807) is 13.8 Å². The number of ether oxygens (including phenoxy) is 1. The van der Waals surface area contributed by atoms with Gasteiger partial charge in [0.05, 0.1) is 0 Å². The van der Waals surface area contributed by atoms with Gasteiger partial charge in [-0.25, -0.2) is 19.7 Å². The van der Waals surface area contributed by atoms with E-state index < -0.39 is 11.6 Å². The van der Waals surface area contributed by atoms with Crippen molar-refractivity contribution in [2.75, 3.05) is 4.90 Å². The van der Waals surface area contributed by atoms with Gasteiger partial charge in [0, 0.05) is 6.07 Å². The third kappa shape index (κ3) is 2.61. The molecule has 7 nitrogen and oxygen atoms in total. The second-order valence-electron chi connectivity index (χ2n) is 6.76. The Kier molecular flexibility index (Phi) is 3.45. The van der Waals surface area contributed by atoms with Crippen molar-refractivity contribution in [3.8, 4) is 11.6 Å². The minimum absolute atomic E-state index is 0.200. The Morgan fingerprint density at radius 3 is 2.80 bits per heavy atom. The van der Waals surface area contributed by atoms with E-state index in [-0.39, 0.29) is 11.7 Å². The van der Waals surface area contributed by atoms with Gasteiger partial charge in [0.25, 0.3) is 5.91 Å². The topological polar surface area (TPSA) is 84.4 Å². The number of aryl methyl sites for hydroxylation is 1. The number of urea groups is 1. The zero-order valence-corrected chi connectivity index (χ0v) is 14.1. The lowest BCUT2D eigenvalue weighted by Crippen LogP contribution is -2.40. The van der Waals surface area contributed by atoms with E-state index in [0.29, 0.717) is 5.88 Å². The van der Waals surface area contributed by atoms with E-state index in [9.17, 15) is 9.59 Å². The molecule has 1 aromatic heterocycles. The summed E-state index contributed by atoms with van der Waals surface area (Å²) < 4.78 is 5.92. The summed E-state index contributed by atoms with van der Waals surface area (Å²) in [4.78, 5) is 33.7. The smallest absolute Gasteiger partial charge is 0.330 e. The number of imide groups is 1. The lowest BCUT2D eigenvalue weighted by atomic mass is 10.1. The average molecular weight is 338 g/mol. The van der Waals surface area contributed by atoms with Crippen molar-refractivity contribution in [2.24, 2.45) is 0 Å². The second kappa shape index (κ2) is 5.54. The maximum atomic E-state index is 12.4. The van der Waals surface area contributed by atoms with Crippen molar-refractivity contribution in [3.63, 3.8) is 0 Å². The maximum absolute atomic E-state index is 12.4. The van der Waals surface area contributed by atoms with Gasteiger partial charge in [-0.2, -0.15) is 0 Å². The Morgan fingerprint density at radius 1 is 1.20 bits per heavy atom. The van der Waals surface area contributed by atoms with Gasteiger partial charge in [0.15, 0.2) is 5.82 Å². The highest BCUT2D eigenvalue weighted by atomic mass is 16.5. The Bertz CT molecular complexity index is 878. The first kappa shape index (κ1) is 15.6. The van der Waals surface area contributed by atoms with Crippen LogP contribution in [0.15, 0.2) is 30.6 Å². The predicted octanol–water partition coefficient (Wildman–Crippen LogP) is 2.59. The van der Waals surface area contributed by atoms with E-state index in [4.69, 9.17) is 4.74 Å². The van der Waals surface area contributed by atoms with Crippen LogP contribution in [0.3, 0.4) is 0 Å². The molecular weight excluding hydrogens is 320 g/mol. The number of rotatable bonds is 3. The normalized spacial score (nSPS) is 18.2. The number of hydrogen-bond acceptors (Lipinski definition) is 5. The largest absolute Gasteiger partial charge is 0.439 e. The summed E-state index contributed by atoms with van der Waals surface area (Å²) in [5, 5.41) is 2.63. The fourth-order valence-electron chi connectivity index (χ4n) is 3.26. The summed E-state index contributed by atoms with van der Waals surface area (Å²) in [6, 6.07) is 6.98. The molecule has 4 rings (SSSR count). The molecule has 1 saturated heterocycles. The van der Waals surface area contributed by atoms with Gasteiger partial charge in [-0.15, -0.1) is 0 Å². The molecular formula is C18H18N4O3. The quantitative estimate of drug-likeness (QED) is 0.870. The van der Waals surface area contributed by atoms with Crippen LogP contribution in [0.2, 0.25) is 0 Å². The molecule has 0 saturated carbocycles. The average Bonchev–Trinajstić information content (AvgIpc) is 3.11. The summed E-state index contributed by atoms with van der Waals surface area (Å²) >= 11 is 0. The lowest BCUT2D eigenvalue weighted by molar-refractivity contribution is -0.121. The van der Waals surface area contributed by atoms with Crippen LogP contribution in [0, 0.1) is 0 Å². The molecule has 3 amide bonds. The number of nitrogens with one attached hydrogen (secondary N) is 1. The maximum Gasteiger partial charge on any atom is 0.330 e. The van der Waals surface area contributed by atoms with Gasteiger partial charge in [-0.05, 0) is 50.3 Å². The van der Waals surface area contributed by atoms with Crippen LogP contribution >= 0.6 is 0 Å².